The lowest BCUT2D eigenvalue weighted by molar-refractivity contribution is 0.403. The summed E-state index contributed by atoms with van der Waals surface area (Å²) in [6.07, 6.45) is 3.50. The molecule has 2 N–H and O–H groups in total. The lowest BCUT2D eigenvalue weighted by Gasteiger charge is -2.16. The third-order valence-electron chi connectivity index (χ3n) is 2.92. The average molecular weight is 281 g/mol. The van der Waals surface area contributed by atoms with Gasteiger partial charge in [0.05, 0.1) is 13.3 Å². The Morgan fingerprint density at radius 2 is 2.21 bits per heavy atom. The van der Waals surface area contributed by atoms with Gasteiger partial charge in [0.15, 0.2) is 0 Å². The second kappa shape index (κ2) is 5.99. The van der Waals surface area contributed by atoms with Gasteiger partial charge in [0.1, 0.15) is 11.6 Å². The minimum absolute atomic E-state index is 0.298. The molecule has 1 aromatic heterocycles. The molecule has 2 rings (SSSR count). The summed E-state index contributed by atoms with van der Waals surface area (Å²) in [5.41, 5.74) is 7.30. The predicted octanol–water partition coefficient (Wildman–Crippen LogP) is 3.13. The maximum Gasteiger partial charge on any atom is 0.141 e. The first kappa shape index (κ1) is 13.8. The van der Waals surface area contributed by atoms with E-state index in [0.29, 0.717) is 22.8 Å². The van der Waals surface area contributed by atoms with Gasteiger partial charge in [-0.1, -0.05) is 17.7 Å². The molecule has 0 aliphatic heterocycles. The van der Waals surface area contributed by atoms with Crippen molar-refractivity contribution in [2.24, 2.45) is 5.73 Å². The quantitative estimate of drug-likeness (QED) is 0.936. The molecular formula is C14H14ClFN2O. The monoisotopic (exact) mass is 280 g/mol. The number of hydrogen-bond donors (Lipinski definition) is 1. The van der Waals surface area contributed by atoms with E-state index < -0.39 is 6.04 Å². The van der Waals surface area contributed by atoms with E-state index >= 15 is 0 Å². The number of hydrogen-bond acceptors (Lipinski definition) is 3. The van der Waals surface area contributed by atoms with Gasteiger partial charge in [-0.25, -0.2) is 4.39 Å². The molecule has 3 nitrogen and oxygen atoms in total. The number of benzene rings is 1. The maximum absolute atomic E-state index is 13.7. The highest BCUT2D eigenvalue weighted by Gasteiger charge is 2.16. The fourth-order valence-corrected chi connectivity index (χ4v) is 2.16. The molecular weight excluding hydrogens is 267 g/mol. The van der Waals surface area contributed by atoms with Crippen LogP contribution in [0.3, 0.4) is 0 Å². The summed E-state index contributed by atoms with van der Waals surface area (Å²) < 4.78 is 18.9. The zero-order chi connectivity index (χ0) is 13.8. The lowest BCUT2D eigenvalue weighted by Crippen LogP contribution is -2.15. The van der Waals surface area contributed by atoms with Gasteiger partial charge in [0.2, 0.25) is 0 Å². The molecule has 0 fully saturated rings. The minimum atomic E-state index is -0.410. The second-order valence-electron chi connectivity index (χ2n) is 4.13. The molecule has 0 radical (unpaired) electrons. The number of methoxy groups -OCH3 is 1. The van der Waals surface area contributed by atoms with Crippen molar-refractivity contribution in [3.63, 3.8) is 0 Å². The Hall–Kier alpha value is -1.65. The number of pyridine rings is 1. The summed E-state index contributed by atoms with van der Waals surface area (Å²) in [5, 5.41) is 0.378. The highest BCUT2D eigenvalue weighted by Crippen LogP contribution is 2.28. The van der Waals surface area contributed by atoms with Crippen LogP contribution in [0.1, 0.15) is 17.2 Å². The summed E-state index contributed by atoms with van der Waals surface area (Å²) in [7, 11) is 1.54. The van der Waals surface area contributed by atoms with E-state index in [9.17, 15) is 4.39 Å². The fraction of sp³-hybridized carbons (Fsp3) is 0.214. The number of aromatic nitrogens is 1. The van der Waals surface area contributed by atoms with Crippen molar-refractivity contribution < 1.29 is 9.13 Å². The Bertz CT molecular complexity index is 557. The molecule has 100 valence electrons. The first-order valence-electron chi connectivity index (χ1n) is 5.80. The summed E-state index contributed by atoms with van der Waals surface area (Å²) in [5.74, 6) is 0.235. The normalized spacial score (nSPS) is 12.2. The zero-order valence-corrected chi connectivity index (χ0v) is 11.2. The van der Waals surface area contributed by atoms with Crippen molar-refractivity contribution in [2.45, 2.75) is 12.5 Å². The van der Waals surface area contributed by atoms with Crippen molar-refractivity contribution in [2.75, 3.05) is 7.11 Å². The van der Waals surface area contributed by atoms with Gasteiger partial charge in [-0.05, 0) is 24.6 Å². The van der Waals surface area contributed by atoms with Gasteiger partial charge in [0.25, 0.3) is 0 Å². The van der Waals surface area contributed by atoms with Gasteiger partial charge >= 0.3 is 0 Å². The highest BCUT2D eigenvalue weighted by molar-refractivity contribution is 6.31. The number of rotatable bonds is 4. The first-order chi connectivity index (χ1) is 9.13. The van der Waals surface area contributed by atoms with Gasteiger partial charge in [-0.2, -0.15) is 0 Å². The molecule has 0 aliphatic rings. The van der Waals surface area contributed by atoms with Crippen molar-refractivity contribution >= 4 is 11.6 Å². The average Bonchev–Trinajstić information content (AvgIpc) is 2.42. The van der Waals surface area contributed by atoms with E-state index in [0.717, 1.165) is 5.56 Å². The maximum atomic E-state index is 13.7. The molecule has 19 heavy (non-hydrogen) atoms. The van der Waals surface area contributed by atoms with E-state index in [4.69, 9.17) is 22.1 Å². The standard InChI is InChI=1S/C14H14ClFN2O/c1-19-14-8-18-6-5-9(14)13(17)7-10-11(15)3-2-4-12(10)16/h2-6,8,13H,7,17H2,1H3. The number of nitrogens with two attached hydrogens (primary N) is 1. The Kier molecular flexibility index (Phi) is 4.35. The van der Waals surface area contributed by atoms with Crippen molar-refractivity contribution in [3.05, 3.63) is 58.6 Å². The molecule has 0 bridgehead atoms. The van der Waals surface area contributed by atoms with Crippen LogP contribution in [0, 0.1) is 5.82 Å². The Morgan fingerprint density at radius 3 is 2.89 bits per heavy atom. The van der Waals surface area contributed by atoms with Crippen LogP contribution in [0.2, 0.25) is 5.02 Å². The summed E-state index contributed by atoms with van der Waals surface area (Å²) in [6.45, 7) is 0. The van der Waals surface area contributed by atoms with Gasteiger partial charge in [-0.3, -0.25) is 4.98 Å². The molecule has 2 aromatic rings. The van der Waals surface area contributed by atoms with Gasteiger partial charge < -0.3 is 10.5 Å². The van der Waals surface area contributed by atoms with E-state index in [1.807, 2.05) is 0 Å². The number of nitrogens with zero attached hydrogens (tertiary/aromatic N) is 1. The molecule has 0 aliphatic carbocycles. The summed E-state index contributed by atoms with van der Waals surface area (Å²) in [4.78, 5) is 3.96. The highest BCUT2D eigenvalue weighted by atomic mass is 35.5. The van der Waals surface area contributed by atoms with Crippen molar-refractivity contribution in [3.8, 4) is 5.75 Å². The zero-order valence-electron chi connectivity index (χ0n) is 10.4. The molecule has 1 aromatic carbocycles. The molecule has 1 atom stereocenters. The topological polar surface area (TPSA) is 48.1 Å². The molecule has 1 heterocycles. The minimum Gasteiger partial charge on any atom is -0.495 e. The third-order valence-corrected chi connectivity index (χ3v) is 3.28. The molecule has 5 heteroatoms. The summed E-state index contributed by atoms with van der Waals surface area (Å²) >= 11 is 6.00. The van der Waals surface area contributed by atoms with Gasteiger partial charge in [-0.15, -0.1) is 0 Å². The van der Waals surface area contributed by atoms with E-state index in [1.54, 1.807) is 37.7 Å². The Balaban J connectivity index is 2.28. The summed E-state index contributed by atoms with van der Waals surface area (Å²) in [6, 6.07) is 5.94. The molecule has 0 amide bonds. The van der Waals surface area contributed by atoms with Crippen LogP contribution in [0.25, 0.3) is 0 Å². The Labute approximate surface area is 116 Å². The molecule has 0 saturated carbocycles. The lowest BCUT2D eigenvalue weighted by atomic mass is 9.99. The van der Waals surface area contributed by atoms with Crippen LogP contribution in [-0.4, -0.2) is 12.1 Å². The number of halogens is 2. The first-order valence-corrected chi connectivity index (χ1v) is 6.17. The van der Waals surface area contributed by atoms with Crippen LogP contribution in [0.5, 0.6) is 5.75 Å². The third kappa shape index (κ3) is 3.03. The van der Waals surface area contributed by atoms with Crippen molar-refractivity contribution in [1.82, 2.24) is 4.98 Å². The molecule has 0 spiro atoms. The fourth-order valence-electron chi connectivity index (χ4n) is 1.92. The van der Waals surface area contributed by atoms with Crippen LogP contribution >= 0.6 is 11.6 Å². The SMILES string of the molecule is COc1cnccc1C(N)Cc1c(F)cccc1Cl. The smallest absolute Gasteiger partial charge is 0.141 e. The molecule has 1 unspecified atom stereocenters. The van der Waals surface area contributed by atoms with Crippen LogP contribution < -0.4 is 10.5 Å². The van der Waals surface area contributed by atoms with E-state index in [2.05, 4.69) is 4.98 Å². The van der Waals surface area contributed by atoms with E-state index in [-0.39, 0.29) is 5.82 Å². The van der Waals surface area contributed by atoms with Crippen LogP contribution in [0.15, 0.2) is 36.7 Å². The number of ether oxygens (including phenoxy) is 1. The van der Waals surface area contributed by atoms with Crippen molar-refractivity contribution in [1.29, 1.82) is 0 Å². The van der Waals surface area contributed by atoms with E-state index in [1.165, 1.54) is 6.07 Å². The Morgan fingerprint density at radius 1 is 1.42 bits per heavy atom. The molecule has 0 saturated heterocycles. The largest absolute Gasteiger partial charge is 0.495 e. The second-order valence-corrected chi connectivity index (χ2v) is 4.54. The predicted molar refractivity (Wildman–Crippen MR) is 72.8 cm³/mol. The van der Waals surface area contributed by atoms with Gasteiger partial charge in [0, 0.05) is 28.4 Å². The van der Waals surface area contributed by atoms with Crippen LogP contribution in [0.4, 0.5) is 4.39 Å². The van der Waals surface area contributed by atoms with Crippen LogP contribution in [-0.2, 0) is 6.42 Å².